The lowest BCUT2D eigenvalue weighted by Gasteiger charge is -2.45. The van der Waals surface area contributed by atoms with Gasteiger partial charge in [-0.05, 0) is 51.3 Å². The fourth-order valence-electron chi connectivity index (χ4n) is 5.08. The van der Waals surface area contributed by atoms with Crippen molar-refractivity contribution in [2.75, 3.05) is 23.0 Å². The molecule has 4 unspecified atom stereocenters. The normalized spacial score (nSPS) is 32.7. The second-order valence-electron chi connectivity index (χ2n) is 8.49. The minimum Gasteiger partial charge on any atom is -0.355 e. The lowest BCUT2D eigenvalue weighted by atomic mass is 9.97. The monoisotopic (exact) mass is 408 g/mol. The smallest absolute Gasteiger partial charge is 0.255 e. The summed E-state index contributed by atoms with van der Waals surface area (Å²) in [6.07, 6.45) is 5.52. The maximum Gasteiger partial charge on any atom is 0.255 e. The van der Waals surface area contributed by atoms with Gasteiger partial charge in [0.1, 0.15) is 11.8 Å². The number of carbonyl (C=O) groups excluding carboxylic acids is 1. The zero-order valence-corrected chi connectivity index (χ0v) is 16.8. The topological polar surface area (TPSA) is 96.1 Å². The molecule has 9 heteroatoms. The molecule has 2 aromatic rings. The molecule has 156 valence electrons. The predicted octanol–water partition coefficient (Wildman–Crippen LogP) is 2.33. The van der Waals surface area contributed by atoms with Crippen molar-refractivity contribution < 1.29 is 14.1 Å². The number of carbonyl (C=O) groups is 1. The SMILES string of the molecule is CC1(N2C(=O)C3C(c4nc(C5CCCN5)no4)N=CN3c3ccccc32)CCCO1. The Balaban J connectivity index is 1.39. The Labute approximate surface area is 174 Å². The van der Waals surface area contributed by atoms with E-state index in [1.807, 2.05) is 41.0 Å². The molecule has 1 amide bonds. The van der Waals surface area contributed by atoms with E-state index >= 15 is 0 Å². The van der Waals surface area contributed by atoms with Crippen LogP contribution in [0.15, 0.2) is 33.8 Å². The van der Waals surface area contributed by atoms with Gasteiger partial charge in [0.25, 0.3) is 11.8 Å². The van der Waals surface area contributed by atoms with Crippen molar-refractivity contribution in [2.24, 2.45) is 4.99 Å². The van der Waals surface area contributed by atoms with E-state index in [0.717, 1.165) is 43.6 Å². The van der Waals surface area contributed by atoms with Crippen LogP contribution in [0.1, 0.15) is 56.4 Å². The van der Waals surface area contributed by atoms with Crippen LogP contribution in [0.4, 0.5) is 11.4 Å². The van der Waals surface area contributed by atoms with Gasteiger partial charge in [-0.15, -0.1) is 0 Å². The third kappa shape index (κ3) is 2.55. The molecule has 0 spiro atoms. The van der Waals surface area contributed by atoms with Crippen LogP contribution >= 0.6 is 0 Å². The third-order valence-corrected chi connectivity index (χ3v) is 6.58. The van der Waals surface area contributed by atoms with Gasteiger partial charge in [-0.1, -0.05) is 17.3 Å². The quantitative estimate of drug-likeness (QED) is 0.833. The van der Waals surface area contributed by atoms with Crippen LogP contribution in [-0.4, -0.2) is 47.3 Å². The summed E-state index contributed by atoms with van der Waals surface area (Å²) in [4.78, 5) is 26.8. The van der Waals surface area contributed by atoms with Gasteiger partial charge in [-0.3, -0.25) is 14.7 Å². The van der Waals surface area contributed by atoms with Crippen LogP contribution in [0.25, 0.3) is 0 Å². The molecule has 0 bridgehead atoms. The molecule has 0 saturated carbocycles. The number of benzene rings is 1. The number of para-hydroxylation sites is 2. The Morgan fingerprint density at radius 3 is 2.87 bits per heavy atom. The summed E-state index contributed by atoms with van der Waals surface area (Å²) in [6.45, 7) is 3.60. The third-order valence-electron chi connectivity index (χ3n) is 6.58. The van der Waals surface area contributed by atoms with Crippen LogP contribution in [0.3, 0.4) is 0 Å². The van der Waals surface area contributed by atoms with Crippen LogP contribution in [0.2, 0.25) is 0 Å². The van der Waals surface area contributed by atoms with Gasteiger partial charge in [-0.2, -0.15) is 4.98 Å². The summed E-state index contributed by atoms with van der Waals surface area (Å²) < 4.78 is 11.6. The zero-order chi connectivity index (χ0) is 20.3. The van der Waals surface area contributed by atoms with E-state index < -0.39 is 17.8 Å². The molecule has 5 heterocycles. The number of aromatic nitrogens is 2. The number of fused-ring (bicyclic) bond motifs is 3. The Kier molecular flexibility index (Phi) is 3.97. The molecule has 4 aliphatic rings. The van der Waals surface area contributed by atoms with E-state index in [-0.39, 0.29) is 11.9 Å². The number of amides is 1. The molecule has 1 aromatic heterocycles. The molecule has 9 nitrogen and oxygen atoms in total. The molecule has 1 aromatic carbocycles. The van der Waals surface area contributed by atoms with Crippen LogP contribution in [-0.2, 0) is 9.53 Å². The highest BCUT2D eigenvalue weighted by molar-refractivity contribution is 6.12. The maximum atomic E-state index is 13.8. The molecular formula is C21H24N6O3. The van der Waals surface area contributed by atoms with E-state index in [2.05, 4.69) is 20.4 Å². The van der Waals surface area contributed by atoms with E-state index in [4.69, 9.17) is 9.26 Å². The summed E-state index contributed by atoms with van der Waals surface area (Å²) in [6, 6.07) is 6.89. The van der Waals surface area contributed by atoms with Crippen molar-refractivity contribution in [1.82, 2.24) is 15.5 Å². The number of aliphatic imine (C=N–C) groups is 1. The van der Waals surface area contributed by atoms with Gasteiger partial charge >= 0.3 is 0 Å². The minimum atomic E-state index is -0.666. The summed E-state index contributed by atoms with van der Waals surface area (Å²) in [5, 5.41) is 7.55. The summed E-state index contributed by atoms with van der Waals surface area (Å²) >= 11 is 0. The standard InChI is InChI=1S/C21H24N6O3/c1-21(9-5-11-29-21)27-15-8-3-2-7-14(15)26-12-23-16(17(26)20(27)28)19-24-18(25-30-19)13-6-4-10-22-13/h2-3,7-8,12-13,16-17,22H,4-6,9-11H2,1H3. The number of ether oxygens (including phenoxy) is 1. The molecule has 0 radical (unpaired) electrons. The highest BCUT2D eigenvalue weighted by Crippen LogP contribution is 2.46. The largest absolute Gasteiger partial charge is 0.355 e. The number of hydrogen-bond donors (Lipinski definition) is 1. The fraction of sp³-hybridized carbons (Fsp3) is 0.524. The minimum absolute atomic E-state index is 0.0562. The van der Waals surface area contributed by atoms with Crippen LogP contribution < -0.4 is 15.1 Å². The first-order chi connectivity index (χ1) is 14.7. The Morgan fingerprint density at radius 2 is 2.10 bits per heavy atom. The zero-order valence-electron chi connectivity index (χ0n) is 16.8. The molecule has 1 N–H and O–H groups in total. The molecule has 6 rings (SSSR count). The lowest BCUT2D eigenvalue weighted by molar-refractivity contribution is -0.125. The molecular weight excluding hydrogens is 384 g/mol. The second-order valence-corrected chi connectivity index (χ2v) is 8.49. The fourth-order valence-corrected chi connectivity index (χ4v) is 5.08. The average Bonchev–Trinajstić information content (AvgIpc) is 3.52. The summed E-state index contributed by atoms with van der Waals surface area (Å²) in [5.74, 6) is 0.967. The number of nitrogens with zero attached hydrogens (tertiary/aromatic N) is 5. The summed E-state index contributed by atoms with van der Waals surface area (Å²) in [5.41, 5.74) is 1.11. The van der Waals surface area contributed by atoms with Crippen LogP contribution in [0, 0.1) is 0 Å². The first kappa shape index (κ1) is 18.0. The van der Waals surface area contributed by atoms with Gasteiger partial charge < -0.3 is 19.5 Å². The van der Waals surface area contributed by atoms with Crippen molar-refractivity contribution in [2.45, 2.75) is 56.5 Å². The number of nitrogens with one attached hydrogen (secondary N) is 1. The number of rotatable bonds is 3. The van der Waals surface area contributed by atoms with Crippen molar-refractivity contribution in [3.05, 3.63) is 36.0 Å². The average molecular weight is 408 g/mol. The highest BCUT2D eigenvalue weighted by atomic mass is 16.5. The van der Waals surface area contributed by atoms with Gasteiger partial charge in [0.15, 0.2) is 11.9 Å². The molecule has 4 aliphatic heterocycles. The number of anilines is 2. The van der Waals surface area contributed by atoms with Gasteiger partial charge in [-0.25, -0.2) is 0 Å². The first-order valence-electron chi connectivity index (χ1n) is 10.6. The first-order valence-corrected chi connectivity index (χ1v) is 10.6. The Morgan fingerprint density at radius 1 is 1.23 bits per heavy atom. The van der Waals surface area contributed by atoms with E-state index in [1.54, 1.807) is 6.34 Å². The van der Waals surface area contributed by atoms with Crippen molar-refractivity contribution in [3.8, 4) is 0 Å². The highest BCUT2D eigenvalue weighted by Gasteiger charge is 2.53. The van der Waals surface area contributed by atoms with Crippen molar-refractivity contribution >= 4 is 23.6 Å². The Bertz CT molecular complexity index is 1010. The second kappa shape index (κ2) is 6.61. The molecule has 30 heavy (non-hydrogen) atoms. The van der Waals surface area contributed by atoms with Gasteiger partial charge in [0, 0.05) is 6.61 Å². The number of hydrogen-bond acceptors (Lipinski definition) is 8. The molecule has 4 atom stereocenters. The van der Waals surface area contributed by atoms with Gasteiger partial charge in [0.2, 0.25) is 0 Å². The van der Waals surface area contributed by atoms with Crippen LogP contribution in [0.5, 0.6) is 0 Å². The Hall–Kier alpha value is -2.78. The molecule has 2 saturated heterocycles. The maximum absolute atomic E-state index is 13.8. The van der Waals surface area contributed by atoms with Crippen molar-refractivity contribution in [1.29, 1.82) is 0 Å². The van der Waals surface area contributed by atoms with E-state index in [0.29, 0.717) is 18.3 Å². The molecule has 0 aliphatic carbocycles. The summed E-state index contributed by atoms with van der Waals surface area (Å²) in [7, 11) is 0. The van der Waals surface area contributed by atoms with E-state index in [1.165, 1.54) is 0 Å². The molecule has 2 fully saturated rings. The van der Waals surface area contributed by atoms with E-state index in [9.17, 15) is 4.79 Å². The van der Waals surface area contributed by atoms with Crippen molar-refractivity contribution in [3.63, 3.8) is 0 Å². The van der Waals surface area contributed by atoms with Gasteiger partial charge in [0.05, 0.1) is 23.8 Å². The predicted molar refractivity (Wildman–Crippen MR) is 109 cm³/mol. The lowest BCUT2D eigenvalue weighted by Crippen LogP contribution is -2.60.